The molecule has 1 heterocycles. The Labute approximate surface area is 108 Å². The topological polar surface area (TPSA) is 62.5 Å². The molecule has 1 atom stereocenters. The van der Waals surface area contributed by atoms with Crippen molar-refractivity contribution in [3.8, 4) is 0 Å². The average Bonchev–Trinajstić information content (AvgIpc) is 2.65. The number of carbonyl (C=O) groups is 1. The fraction of sp³-hybridized carbons (Fsp3) is 0.643. The molecule has 18 heavy (non-hydrogen) atoms. The summed E-state index contributed by atoms with van der Waals surface area (Å²) < 4.78 is 5.29. The van der Waals surface area contributed by atoms with Crippen LogP contribution in [-0.4, -0.2) is 17.1 Å². The number of carboxylic acids is 1. The minimum absolute atomic E-state index is 0.0432. The van der Waals surface area contributed by atoms with Crippen molar-refractivity contribution in [2.24, 2.45) is 5.92 Å². The number of hydrogen-bond acceptors (Lipinski definition) is 3. The van der Waals surface area contributed by atoms with E-state index in [1.807, 2.05) is 0 Å². The van der Waals surface area contributed by atoms with E-state index in [-0.39, 0.29) is 5.76 Å². The molecule has 102 valence electrons. The lowest BCUT2D eigenvalue weighted by atomic mass is 10.0. The smallest absolute Gasteiger partial charge is 0.372 e. The summed E-state index contributed by atoms with van der Waals surface area (Å²) in [4.78, 5) is 10.8. The second kappa shape index (κ2) is 6.59. The first-order valence-electron chi connectivity index (χ1n) is 6.46. The Hall–Kier alpha value is -1.29. The zero-order valence-corrected chi connectivity index (χ0v) is 11.6. The Morgan fingerprint density at radius 1 is 1.39 bits per heavy atom. The molecule has 2 N–H and O–H groups in total. The van der Waals surface area contributed by atoms with Gasteiger partial charge < -0.3 is 14.8 Å². The molecule has 4 heteroatoms. The maximum absolute atomic E-state index is 10.8. The number of carboxylic acid groups (broad SMARTS) is 1. The minimum Gasteiger partial charge on any atom is -0.475 e. The number of rotatable bonds is 7. The number of aryl methyl sites for hydroxylation is 1. The second-order valence-corrected chi connectivity index (χ2v) is 5.28. The highest BCUT2D eigenvalue weighted by Crippen LogP contribution is 2.15. The fourth-order valence-corrected chi connectivity index (χ4v) is 1.81. The highest BCUT2D eigenvalue weighted by Gasteiger charge is 2.14. The van der Waals surface area contributed by atoms with E-state index in [1.54, 1.807) is 13.0 Å². The zero-order chi connectivity index (χ0) is 13.7. The summed E-state index contributed by atoms with van der Waals surface area (Å²) >= 11 is 0. The summed E-state index contributed by atoms with van der Waals surface area (Å²) in [5.41, 5.74) is 0.675. The molecule has 0 saturated heterocycles. The van der Waals surface area contributed by atoms with E-state index in [9.17, 15) is 4.79 Å². The molecule has 0 aromatic carbocycles. The fourth-order valence-electron chi connectivity index (χ4n) is 1.81. The molecule has 0 aliphatic rings. The van der Waals surface area contributed by atoms with Crippen LogP contribution in [0.3, 0.4) is 0 Å². The Morgan fingerprint density at radius 2 is 2.06 bits per heavy atom. The van der Waals surface area contributed by atoms with Crippen molar-refractivity contribution in [3.63, 3.8) is 0 Å². The van der Waals surface area contributed by atoms with Crippen LogP contribution in [-0.2, 0) is 6.54 Å². The first-order valence-corrected chi connectivity index (χ1v) is 6.46. The van der Waals surface area contributed by atoms with Gasteiger partial charge in [0, 0.05) is 11.6 Å². The van der Waals surface area contributed by atoms with Gasteiger partial charge in [-0.2, -0.15) is 0 Å². The van der Waals surface area contributed by atoms with Crippen molar-refractivity contribution in [2.75, 3.05) is 0 Å². The predicted molar refractivity (Wildman–Crippen MR) is 70.8 cm³/mol. The number of aromatic carboxylic acids is 1. The summed E-state index contributed by atoms with van der Waals surface area (Å²) in [6, 6.07) is 2.19. The van der Waals surface area contributed by atoms with Crippen molar-refractivity contribution in [1.82, 2.24) is 5.32 Å². The monoisotopic (exact) mass is 253 g/mol. The van der Waals surface area contributed by atoms with Gasteiger partial charge in [0.2, 0.25) is 5.76 Å². The molecule has 0 fully saturated rings. The molecular formula is C14H23NO3. The van der Waals surface area contributed by atoms with Gasteiger partial charge in [-0.05, 0) is 38.7 Å². The Balaban J connectivity index is 2.43. The molecule has 1 aromatic rings. The third-order valence-electron chi connectivity index (χ3n) is 2.96. The van der Waals surface area contributed by atoms with Gasteiger partial charge in [0.15, 0.2) is 0 Å². The van der Waals surface area contributed by atoms with Crippen molar-refractivity contribution in [2.45, 2.75) is 53.1 Å². The average molecular weight is 253 g/mol. The van der Waals surface area contributed by atoms with Crippen molar-refractivity contribution in [3.05, 3.63) is 23.2 Å². The third kappa shape index (κ3) is 4.53. The highest BCUT2D eigenvalue weighted by atomic mass is 16.4. The molecule has 0 amide bonds. The summed E-state index contributed by atoms with van der Waals surface area (Å²) in [6.45, 7) is 8.88. The summed E-state index contributed by atoms with van der Waals surface area (Å²) in [5, 5.41) is 12.2. The molecule has 0 aliphatic heterocycles. The van der Waals surface area contributed by atoms with E-state index in [1.165, 1.54) is 6.42 Å². The standard InChI is InChI=1S/C14H23NO3/c1-9(2)5-6-11(4)15-8-12-7-10(3)13(18-12)14(16)17/h7,9,11,15H,5-6,8H2,1-4H3,(H,16,17). The number of hydrogen-bond donors (Lipinski definition) is 2. The van der Waals surface area contributed by atoms with E-state index < -0.39 is 5.97 Å². The van der Waals surface area contributed by atoms with Crippen molar-refractivity contribution >= 4 is 5.97 Å². The van der Waals surface area contributed by atoms with Gasteiger partial charge in [-0.1, -0.05) is 13.8 Å². The largest absolute Gasteiger partial charge is 0.475 e. The van der Waals surface area contributed by atoms with Gasteiger partial charge in [-0.15, -0.1) is 0 Å². The van der Waals surface area contributed by atoms with E-state index >= 15 is 0 Å². The highest BCUT2D eigenvalue weighted by molar-refractivity contribution is 5.86. The lowest BCUT2D eigenvalue weighted by Crippen LogP contribution is -2.25. The molecule has 0 aliphatic carbocycles. The molecule has 0 spiro atoms. The Bertz CT molecular complexity index is 396. The van der Waals surface area contributed by atoms with Crippen LogP contribution in [0.5, 0.6) is 0 Å². The van der Waals surface area contributed by atoms with Gasteiger partial charge in [-0.25, -0.2) is 4.79 Å². The van der Waals surface area contributed by atoms with Crippen LogP contribution in [0, 0.1) is 12.8 Å². The van der Waals surface area contributed by atoms with Gasteiger partial charge in [0.25, 0.3) is 0 Å². The summed E-state index contributed by atoms with van der Waals surface area (Å²) in [5.74, 6) is 0.424. The van der Waals surface area contributed by atoms with Crippen LogP contribution < -0.4 is 5.32 Å². The van der Waals surface area contributed by atoms with Crippen LogP contribution in [0.1, 0.15) is 55.5 Å². The molecule has 4 nitrogen and oxygen atoms in total. The maximum Gasteiger partial charge on any atom is 0.372 e. The molecule has 0 bridgehead atoms. The lowest BCUT2D eigenvalue weighted by molar-refractivity contribution is 0.0659. The van der Waals surface area contributed by atoms with Crippen LogP contribution >= 0.6 is 0 Å². The van der Waals surface area contributed by atoms with Gasteiger partial charge in [-0.3, -0.25) is 0 Å². The minimum atomic E-state index is -1.01. The third-order valence-corrected chi connectivity index (χ3v) is 2.96. The first kappa shape index (κ1) is 14.8. The van der Waals surface area contributed by atoms with Crippen molar-refractivity contribution in [1.29, 1.82) is 0 Å². The van der Waals surface area contributed by atoms with Crippen LogP contribution in [0.25, 0.3) is 0 Å². The molecule has 0 radical (unpaired) electrons. The maximum atomic E-state index is 10.8. The van der Waals surface area contributed by atoms with E-state index in [2.05, 4.69) is 26.1 Å². The summed E-state index contributed by atoms with van der Waals surface area (Å²) in [6.07, 6.45) is 2.30. The van der Waals surface area contributed by atoms with Crippen LogP contribution in [0.2, 0.25) is 0 Å². The van der Waals surface area contributed by atoms with Crippen molar-refractivity contribution < 1.29 is 14.3 Å². The van der Waals surface area contributed by atoms with Gasteiger partial charge in [0.05, 0.1) is 6.54 Å². The molecule has 0 saturated carbocycles. The zero-order valence-electron chi connectivity index (χ0n) is 11.6. The van der Waals surface area contributed by atoms with Gasteiger partial charge >= 0.3 is 5.97 Å². The SMILES string of the molecule is Cc1cc(CNC(C)CCC(C)C)oc1C(=O)O. The predicted octanol–water partition coefficient (Wildman–Crippen LogP) is 3.20. The number of furan rings is 1. The van der Waals surface area contributed by atoms with Crippen LogP contribution in [0.4, 0.5) is 0 Å². The van der Waals surface area contributed by atoms with Crippen LogP contribution in [0.15, 0.2) is 10.5 Å². The van der Waals surface area contributed by atoms with E-state index in [0.29, 0.717) is 29.8 Å². The molecule has 1 aromatic heterocycles. The van der Waals surface area contributed by atoms with E-state index in [0.717, 1.165) is 6.42 Å². The van der Waals surface area contributed by atoms with Gasteiger partial charge in [0.1, 0.15) is 5.76 Å². The molecule has 1 unspecified atom stereocenters. The molecular weight excluding hydrogens is 230 g/mol. The number of nitrogens with one attached hydrogen (secondary N) is 1. The first-order chi connectivity index (χ1) is 8.40. The Morgan fingerprint density at radius 3 is 2.56 bits per heavy atom. The molecule has 1 rings (SSSR count). The normalized spacial score (nSPS) is 12.9. The second-order valence-electron chi connectivity index (χ2n) is 5.28. The lowest BCUT2D eigenvalue weighted by Gasteiger charge is -2.13. The Kier molecular flexibility index (Phi) is 5.41. The summed E-state index contributed by atoms with van der Waals surface area (Å²) in [7, 11) is 0. The van der Waals surface area contributed by atoms with E-state index in [4.69, 9.17) is 9.52 Å². The quantitative estimate of drug-likeness (QED) is 0.783.